The lowest BCUT2D eigenvalue weighted by molar-refractivity contribution is -0.141. The van der Waals surface area contributed by atoms with E-state index >= 15 is 0 Å². The maximum atomic E-state index is 12.1. The van der Waals surface area contributed by atoms with Crippen molar-refractivity contribution in [3.63, 3.8) is 0 Å². The van der Waals surface area contributed by atoms with Gasteiger partial charge in [0.15, 0.2) is 5.78 Å². The van der Waals surface area contributed by atoms with Gasteiger partial charge in [0.1, 0.15) is 11.3 Å². The topological polar surface area (TPSA) is 86.5 Å². The first kappa shape index (κ1) is 17.0. The molecular weight excluding hydrogens is 290 g/mol. The third-order valence-corrected chi connectivity index (χ3v) is 3.16. The van der Waals surface area contributed by atoms with Gasteiger partial charge in [-0.25, -0.2) is 0 Å². The number of Topliss-reactive ketones (excluding diaryl/α,β-unsaturated/α-hetero) is 1. The van der Waals surface area contributed by atoms with Crippen LogP contribution in [0.15, 0.2) is 24.3 Å². The van der Waals surface area contributed by atoms with Gasteiger partial charge in [0.25, 0.3) is 0 Å². The molecule has 0 saturated carbocycles. The van der Waals surface area contributed by atoms with Crippen LogP contribution >= 0.6 is 12.2 Å². The van der Waals surface area contributed by atoms with Gasteiger partial charge < -0.3 is 15.3 Å². The predicted octanol–water partition coefficient (Wildman–Crippen LogP) is 1.66. The standard InChI is InChI=1S/C15H17NO4S/c1-10(18)20-7-6-11(9-17)8-14(19)12-2-4-13(5-3-12)15(16)21/h2-5,9,11H,6-8H2,1H3,(H2,16,21). The summed E-state index contributed by atoms with van der Waals surface area (Å²) in [5.41, 5.74) is 6.66. The smallest absolute Gasteiger partial charge is 0.302 e. The maximum Gasteiger partial charge on any atom is 0.302 e. The van der Waals surface area contributed by atoms with Crippen LogP contribution in [0.1, 0.15) is 35.7 Å². The Morgan fingerprint density at radius 2 is 1.86 bits per heavy atom. The van der Waals surface area contributed by atoms with E-state index in [4.69, 9.17) is 22.7 Å². The van der Waals surface area contributed by atoms with E-state index in [0.29, 0.717) is 23.8 Å². The Morgan fingerprint density at radius 3 is 2.33 bits per heavy atom. The zero-order valence-electron chi connectivity index (χ0n) is 11.7. The van der Waals surface area contributed by atoms with Crippen molar-refractivity contribution in [1.29, 1.82) is 0 Å². The van der Waals surface area contributed by atoms with Gasteiger partial charge in [0.05, 0.1) is 6.61 Å². The van der Waals surface area contributed by atoms with E-state index in [1.807, 2.05) is 0 Å². The summed E-state index contributed by atoms with van der Waals surface area (Å²) in [6, 6.07) is 6.60. The van der Waals surface area contributed by atoms with Crippen LogP contribution in [-0.2, 0) is 14.3 Å². The molecular formula is C15H17NO4S. The first-order chi connectivity index (χ1) is 9.93. The number of ether oxygens (including phenoxy) is 1. The van der Waals surface area contributed by atoms with E-state index in [1.165, 1.54) is 6.92 Å². The van der Waals surface area contributed by atoms with Gasteiger partial charge in [-0.2, -0.15) is 0 Å². The number of carbonyl (C=O) groups excluding carboxylic acids is 3. The lowest BCUT2D eigenvalue weighted by Gasteiger charge is -2.09. The molecule has 0 aliphatic heterocycles. The number of aldehydes is 1. The van der Waals surface area contributed by atoms with Crippen molar-refractivity contribution >= 4 is 35.2 Å². The molecule has 1 atom stereocenters. The van der Waals surface area contributed by atoms with Crippen LogP contribution in [0.3, 0.4) is 0 Å². The van der Waals surface area contributed by atoms with Crippen molar-refractivity contribution in [3.8, 4) is 0 Å². The Morgan fingerprint density at radius 1 is 1.29 bits per heavy atom. The molecule has 0 spiro atoms. The van der Waals surface area contributed by atoms with Crippen LogP contribution in [0.25, 0.3) is 0 Å². The second kappa shape index (κ2) is 8.26. The average Bonchev–Trinajstić information content (AvgIpc) is 2.45. The lowest BCUT2D eigenvalue weighted by atomic mass is 9.96. The normalized spacial score (nSPS) is 11.5. The summed E-state index contributed by atoms with van der Waals surface area (Å²) in [5.74, 6) is -1.02. The molecule has 5 nitrogen and oxygen atoms in total. The lowest BCUT2D eigenvalue weighted by Crippen LogP contribution is -2.14. The molecule has 0 heterocycles. The zero-order valence-corrected chi connectivity index (χ0v) is 12.5. The fourth-order valence-electron chi connectivity index (χ4n) is 1.75. The number of benzene rings is 1. The van der Waals surface area contributed by atoms with Crippen LogP contribution < -0.4 is 5.73 Å². The fraction of sp³-hybridized carbons (Fsp3) is 0.333. The van der Waals surface area contributed by atoms with E-state index in [2.05, 4.69) is 0 Å². The van der Waals surface area contributed by atoms with Crippen molar-refractivity contribution in [2.45, 2.75) is 19.8 Å². The minimum absolute atomic E-state index is 0.0805. The molecule has 2 N–H and O–H groups in total. The molecule has 0 amide bonds. The van der Waals surface area contributed by atoms with Crippen molar-refractivity contribution in [1.82, 2.24) is 0 Å². The molecule has 0 bridgehead atoms. The van der Waals surface area contributed by atoms with Gasteiger partial charge in [0, 0.05) is 30.4 Å². The monoisotopic (exact) mass is 307 g/mol. The van der Waals surface area contributed by atoms with E-state index in [-0.39, 0.29) is 23.8 Å². The van der Waals surface area contributed by atoms with Gasteiger partial charge in [-0.05, 0) is 6.42 Å². The third kappa shape index (κ3) is 5.83. The Balaban J connectivity index is 2.59. The maximum absolute atomic E-state index is 12.1. The number of ketones is 1. The average molecular weight is 307 g/mol. The summed E-state index contributed by atoms with van der Waals surface area (Å²) in [7, 11) is 0. The number of thiocarbonyl (C=S) groups is 1. The first-order valence-electron chi connectivity index (χ1n) is 6.45. The molecule has 0 aliphatic carbocycles. The molecule has 1 aromatic rings. The van der Waals surface area contributed by atoms with Gasteiger partial charge >= 0.3 is 5.97 Å². The molecule has 0 radical (unpaired) electrons. The molecule has 6 heteroatoms. The highest BCUT2D eigenvalue weighted by Crippen LogP contribution is 2.13. The minimum Gasteiger partial charge on any atom is -0.466 e. The number of nitrogens with two attached hydrogens (primary N) is 1. The van der Waals surface area contributed by atoms with Crippen LogP contribution in [0, 0.1) is 5.92 Å². The Labute approximate surface area is 128 Å². The molecule has 0 aliphatic rings. The van der Waals surface area contributed by atoms with E-state index in [1.54, 1.807) is 24.3 Å². The summed E-state index contributed by atoms with van der Waals surface area (Å²) in [4.78, 5) is 33.9. The molecule has 1 unspecified atom stereocenters. The molecule has 0 fully saturated rings. The number of hydrogen-bond donors (Lipinski definition) is 1. The minimum atomic E-state index is -0.466. The second-order valence-corrected chi connectivity index (χ2v) is 5.03. The van der Waals surface area contributed by atoms with Crippen LogP contribution in [-0.4, -0.2) is 29.6 Å². The first-order valence-corrected chi connectivity index (χ1v) is 6.86. The Hall–Kier alpha value is -2.08. The SMILES string of the molecule is CC(=O)OCCC(C=O)CC(=O)c1ccc(C(N)=S)cc1. The summed E-state index contributed by atoms with van der Waals surface area (Å²) in [5, 5.41) is 0. The fourth-order valence-corrected chi connectivity index (χ4v) is 1.88. The third-order valence-electron chi connectivity index (χ3n) is 2.93. The predicted molar refractivity (Wildman–Crippen MR) is 82.1 cm³/mol. The van der Waals surface area contributed by atoms with Crippen molar-refractivity contribution < 1.29 is 19.1 Å². The number of rotatable bonds is 8. The number of esters is 1. The van der Waals surface area contributed by atoms with Crippen LogP contribution in [0.5, 0.6) is 0 Å². The van der Waals surface area contributed by atoms with Gasteiger partial charge in [-0.3, -0.25) is 9.59 Å². The summed E-state index contributed by atoms with van der Waals surface area (Å²) < 4.78 is 4.77. The van der Waals surface area contributed by atoms with E-state index in [0.717, 1.165) is 0 Å². The van der Waals surface area contributed by atoms with Crippen LogP contribution in [0.4, 0.5) is 0 Å². The van der Waals surface area contributed by atoms with Gasteiger partial charge in [0.2, 0.25) is 0 Å². The highest BCUT2D eigenvalue weighted by atomic mass is 32.1. The quantitative estimate of drug-likeness (QED) is 0.340. The van der Waals surface area contributed by atoms with Crippen molar-refractivity contribution in [3.05, 3.63) is 35.4 Å². The molecule has 1 rings (SSSR count). The van der Waals surface area contributed by atoms with Crippen LogP contribution in [0.2, 0.25) is 0 Å². The number of carbonyl (C=O) groups is 3. The van der Waals surface area contributed by atoms with E-state index < -0.39 is 11.9 Å². The molecule has 112 valence electrons. The molecule has 1 aromatic carbocycles. The second-order valence-electron chi connectivity index (χ2n) is 4.59. The summed E-state index contributed by atoms with van der Waals surface area (Å²) in [6.07, 6.45) is 1.13. The van der Waals surface area contributed by atoms with Crippen molar-refractivity contribution in [2.75, 3.05) is 6.61 Å². The van der Waals surface area contributed by atoms with E-state index in [9.17, 15) is 14.4 Å². The van der Waals surface area contributed by atoms with Gasteiger partial charge in [-0.15, -0.1) is 0 Å². The highest BCUT2D eigenvalue weighted by Gasteiger charge is 2.15. The number of hydrogen-bond acceptors (Lipinski definition) is 5. The summed E-state index contributed by atoms with van der Waals surface area (Å²) >= 11 is 4.83. The Bertz CT molecular complexity index is 539. The van der Waals surface area contributed by atoms with Gasteiger partial charge in [-0.1, -0.05) is 36.5 Å². The molecule has 0 saturated heterocycles. The molecule has 0 aromatic heterocycles. The zero-order chi connectivity index (χ0) is 15.8. The molecule has 21 heavy (non-hydrogen) atoms. The largest absolute Gasteiger partial charge is 0.466 e. The van der Waals surface area contributed by atoms with Crippen molar-refractivity contribution in [2.24, 2.45) is 11.7 Å². The highest BCUT2D eigenvalue weighted by molar-refractivity contribution is 7.80. The Kier molecular flexibility index (Phi) is 6.68. The summed E-state index contributed by atoms with van der Waals surface area (Å²) in [6.45, 7) is 1.43.